The molecule has 0 spiro atoms. The Hall–Kier alpha value is -3.85. The van der Waals surface area contributed by atoms with Crippen molar-refractivity contribution in [1.29, 1.82) is 0 Å². The Balaban J connectivity index is 1.43. The minimum Gasteiger partial charge on any atom is -0.486 e. The molecule has 9 heteroatoms. The molecule has 0 atom stereocenters. The Morgan fingerprint density at radius 3 is 2.44 bits per heavy atom. The van der Waals surface area contributed by atoms with Crippen LogP contribution in [-0.2, 0) is 10.0 Å². The van der Waals surface area contributed by atoms with E-state index in [0.29, 0.717) is 41.5 Å². The average Bonchev–Trinajstić information content (AvgIpc) is 2.84. The van der Waals surface area contributed by atoms with Gasteiger partial charge in [-0.05, 0) is 48.5 Å². The van der Waals surface area contributed by atoms with Crippen molar-refractivity contribution in [2.75, 3.05) is 24.6 Å². The van der Waals surface area contributed by atoms with Gasteiger partial charge in [-0.25, -0.2) is 13.8 Å². The van der Waals surface area contributed by atoms with Crippen LogP contribution in [-0.4, -0.2) is 40.8 Å². The first-order valence-electron chi connectivity index (χ1n) is 9.83. The van der Waals surface area contributed by atoms with Crippen LogP contribution in [0.1, 0.15) is 15.9 Å². The largest absolute Gasteiger partial charge is 0.486 e. The first kappa shape index (κ1) is 21.4. The summed E-state index contributed by atoms with van der Waals surface area (Å²) >= 11 is 0. The van der Waals surface area contributed by atoms with E-state index in [9.17, 15) is 13.2 Å². The quantitative estimate of drug-likeness (QED) is 0.459. The molecule has 0 fully saturated rings. The highest BCUT2D eigenvalue weighted by atomic mass is 32.2. The Morgan fingerprint density at radius 1 is 0.969 bits per heavy atom. The van der Waals surface area contributed by atoms with Crippen LogP contribution >= 0.6 is 0 Å². The van der Waals surface area contributed by atoms with E-state index in [1.807, 2.05) is 6.07 Å². The topological polar surface area (TPSA) is 97.3 Å². The van der Waals surface area contributed by atoms with Gasteiger partial charge in [0.2, 0.25) is 0 Å². The van der Waals surface area contributed by atoms with Crippen LogP contribution in [0.2, 0.25) is 0 Å². The molecule has 3 aromatic carbocycles. The first-order chi connectivity index (χ1) is 15.5. The molecule has 1 heterocycles. The van der Waals surface area contributed by atoms with Crippen molar-refractivity contribution in [3.05, 3.63) is 83.9 Å². The minimum absolute atomic E-state index is 0.191. The third-order valence-electron chi connectivity index (χ3n) is 4.86. The summed E-state index contributed by atoms with van der Waals surface area (Å²) in [5.41, 5.74) is 3.92. The number of benzene rings is 3. The standard InChI is InChI=1S/C23H21N3O5S/c1-26(32(28,29)20-7-3-2-4-8-20)19-12-10-17(11-13-19)23(27)25-24-16-18-6-5-9-21-22(18)31-15-14-30-21/h2-13,16H,14-15H2,1H3,(H,25,27)/b24-16-. The Kier molecular flexibility index (Phi) is 6.09. The lowest BCUT2D eigenvalue weighted by Gasteiger charge is -2.19. The zero-order valence-electron chi connectivity index (χ0n) is 17.3. The lowest BCUT2D eigenvalue weighted by atomic mass is 10.2. The van der Waals surface area contributed by atoms with Gasteiger partial charge in [-0.3, -0.25) is 9.10 Å². The number of carbonyl (C=O) groups excluding carboxylic acids is 1. The number of nitrogens with zero attached hydrogens (tertiary/aromatic N) is 2. The van der Waals surface area contributed by atoms with Gasteiger partial charge in [0.05, 0.1) is 16.8 Å². The third kappa shape index (κ3) is 4.42. The summed E-state index contributed by atoms with van der Waals surface area (Å²) in [7, 11) is -2.22. The SMILES string of the molecule is CN(c1ccc(C(=O)N/N=C\c2cccc3c2OCCO3)cc1)S(=O)(=O)c1ccccc1. The number of ether oxygens (including phenoxy) is 2. The summed E-state index contributed by atoms with van der Waals surface area (Å²) in [4.78, 5) is 12.6. The van der Waals surface area contributed by atoms with Gasteiger partial charge in [0.25, 0.3) is 15.9 Å². The second-order valence-corrected chi connectivity index (χ2v) is 8.87. The van der Waals surface area contributed by atoms with Gasteiger partial charge in [0.1, 0.15) is 13.2 Å². The predicted molar refractivity (Wildman–Crippen MR) is 121 cm³/mol. The van der Waals surface area contributed by atoms with Crippen LogP contribution in [0.25, 0.3) is 0 Å². The van der Waals surface area contributed by atoms with Crippen molar-refractivity contribution in [2.45, 2.75) is 4.90 Å². The Bertz CT molecular complexity index is 1240. The van der Waals surface area contributed by atoms with Gasteiger partial charge in [-0.2, -0.15) is 5.10 Å². The van der Waals surface area contributed by atoms with E-state index in [1.54, 1.807) is 54.6 Å². The highest BCUT2D eigenvalue weighted by molar-refractivity contribution is 7.92. The Labute approximate surface area is 186 Å². The minimum atomic E-state index is -3.69. The van der Waals surface area contributed by atoms with E-state index in [-0.39, 0.29) is 4.90 Å². The average molecular weight is 452 g/mol. The number of hydrogen-bond acceptors (Lipinski definition) is 6. The predicted octanol–water partition coefficient (Wildman–Crippen LogP) is 3.05. The van der Waals surface area contributed by atoms with Crippen LogP contribution in [0.5, 0.6) is 11.5 Å². The fraction of sp³-hybridized carbons (Fsp3) is 0.130. The Morgan fingerprint density at radius 2 is 1.69 bits per heavy atom. The molecule has 8 nitrogen and oxygen atoms in total. The maximum absolute atomic E-state index is 12.7. The maximum atomic E-state index is 12.7. The van der Waals surface area contributed by atoms with Crippen molar-refractivity contribution in [3.63, 3.8) is 0 Å². The summed E-state index contributed by atoms with van der Waals surface area (Å²) in [5.74, 6) is 0.795. The summed E-state index contributed by atoms with van der Waals surface area (Å²) in [6.45, 7) is 0.938. The molecule has 1 N–H and O–H groups in total. The number of hydrazone groups is 1. The molecule has 4 rings (SSSR count). The molecule has 0 aromatic heterocycles. The van der Waals surface area contributed by atoms with Crippen LogP contribution < -0.4 is 19.2 Å². The molecular formula is C23H21N3O5S. The zero-order chi connectivity index (χ0) is 22.6. The van der Waals surface area contributed by atoms with Crippen molar-refractivity contribution < 1.29 is 22.7 Å². The first-order valence-corrected chi connectivity index (χ1v) is 11.3. The molecule has 164 valence electrons. The van der Waals surface area contributed by atoms with E-state index >= 15 is 0 Å². The van der Waals surface area contributed by atoms with E-state index in [1.165, 1.54) is 29.7 Å². The molecule has 32 heavy (non-hydrogen) atoms. The van der Waals surface area contributed by atoms with E-state index in [4.69, 9.17) is 9.47 Å². The molecule has 1 amide bonds. The smallest absolute Gasteiger partial charge is 0.271 e. The fourth-order valence-corrected chi connectivity index (χ4v) is 4.35. The number of para-hydroxylation sites is 1. The molecule has 0 radical (unpaired) electrons. The van der Waals surface area contributed by atoms with Crippen LogP contribution in [0.3, 0.4) is 0 Å². The van der Waals surface area contributed by atoms with Crippen molar-refractivity contribution in [3.8, 4) is 11.5 Å². The van der Waals surface area contributed by atoms with Crippen LogP contribution in [0.4, 0.5) is 5.69 Å². The molecule has 0 saturated heterocycles. The van der Waals surface area contributed by atoms with Gasteiger partial charge in [0, 0.05) is 18.2 Å². The summed E-state index contributed by atoms with van der Waals surface area (Å²) in [6.07, 6.45) is 1.49. The molecular weight excluding hydrogens is 430 g/mol. The van der Waals surface area contributed by atoms with Crippen molar-refractivity contribution in [2.24, 2.45) is 5.10 Å². The number of hydrogen-bond donors (Lipinski definition) is 1. The molecule has 0 unspecified atom stereocenters. The fourth-order valence-electron chi connectivity index (χ4n) is 3.14. The van der Waals surface area contributed by atoms with Crippen LogP contribution in [0, 0.1) is 0 Å². The molecule has 3 aromatic rings. The van der Waals surface area contributed by atoms with E-state index in [0.717, 1.165) is 0 Å². The van der Waals surface area contributed by atoms with Gasteiger partial charge in [0.15, 0.2) is 11.5 Å². The number of anilines is 1. The van der Waals surface area contributed by atoms with Gasteiger partial charge < -0.3 is 9.47 Å². The van der Waals surface area contributed by atoms with Crippen LogP contribution in [0.15, 0.2) is 82.8 Å². The number of amides is 1. The molecule has 0 saturated carbocycles. The summed E-state index contributed by atoms with van der Waals surface area (Å²) < 4.78 is 37.8. The van der Waals surface area contributed by atoms with E-state index in [2.05, 4.69) is 10.5 Å². The summed E-state index contributed by atoms with van der Waals surface area (Å²) in [5, 5.41) is 4.00. The van der Waals surface area contributed by atoms with E-state index < -0.39 is 15.9 Å². The highest BCUT2D eigenvalue weighted by Gasteiger charge is 2.21. The lowest BCUT2D eigenvalue weighted by Crippen LogP contribution is -2.26. The van der Waals surface area contributed by atoms with Gasteiger partial charge >= 0.3 is 0 Å². The van der Waals surface area contributed by atoms with Gasteiger partial charge in [-0.15, -0.1) is 0 Å². The normalized spacial score (nSPS) is 13.0. The number of carbonyl (C=O) groups is 1. The third-order valence-corrected chi connectivity index (χ3v) is 6.66. The zero-order valence-corrected chi connectivity index (χ0v) is 18.1. The second-order valence-electron chi connectivity index (χ2n) is 6.90. The molecule has 1 aliphatic heterocycles. The second kappa shape index (κ2) is 9.11. The molecule has 1 aliphatic rings. The number of rotatable bonds is 6. The van der Waals surface area contributed by atoms with Crippen molar-refractivity contribution in [1.82, 2.24) is 5.43 Å². The maximum Gasteiger partial charge on any atom is 0.271 e. The van der Waals surface area contributed by atoms with Crippen molar-refractivity contribution >= 4 is 27.8 Å². The lowest BCUT2D eigenvalue weighted by molar-refractivity contribution is 0.0955. The summed E-state index contributed by atoms with van der Waals surface area (Å²) in [6, 6.07) is 19.8. The number of nitrogens with one attached hydrogen (secondary N) is 1. The molecule has 0 bridgehead atoms. The van der Waals surface area contributed by atoms with Gasteiger partial charge in [-0.1, -0.05) is 24.3 Å². The molecule has 0 aliphatic carbocycles. The monoisotopic (exact) mass is 451 g/mol. The highest BCUT2D eigenvalue weighted by Crippen LogP contribution is 2.32. The number of fused-ring (bicyclic) bond motifs is 1. The number of sulfonamides is 1.